The van der Waals surface area contributed by atoms with Crippen molar-refractivity contribution in [2.24, 2.45) is 0 Å². The van der Waals surface area contributed by atoms with E-state index in [1.807, 2.05) is 0 Å². The molecule has 18 heavy (non-hydrogen) atoms. The Bertz CT molecular complexity index is 443. The van der Waals surface area contributed by atoms with Crippen LogP contribution in [-0.2, 0) is 11.2 Å². The number of benzene rings is 1. The summed E-state index contributed by atoms with van der Waals surface area (Å²) in [5.74, 6) is 0. The molecule has 0 bridgehead atoms. The maximum Gasteiger partial charge on any atom is 0.103 e. The molecule has 1 aromatic carbocycles. The number of rotatable bonds is 3. The number of fused-ring (bicyclic) bond motifs is 1. The summed E-state index contributed by atoms with van der Waals surface area (Å²) >= 11 is 3.61. The fourth-order valence-electron chi connectivity index (χ4n) is 2.87. The zero-order valence-electron chi connectivity index (χ0n) is 10.3. The van der Waals surface area contributed by atoms with E-state index in [2.05, 4.69) is 39.4 Å². The summed E-state index contributed by atoms with van der Waals surface area (Å²) < 4.78 is 6.47. The van der Waals surface area contributed by atoms with Crippen LogP contribution in [0.1, 0.15) is 30.0 Å². The van der Waals surface area contributed by atoms with Crippen molar-refractivity contribution in [2.45, 2.75) is 30.9 Å². The molecular formula is C14H18BrNO2. The number of hydrogen-bond donors (Lipinski definition) is 2. The van der Waals surface area contributed by atoms with Gasteiger partial charge in [0, 0.05) is 30.1 Å². The van der Waals surface area contributed by atoms with Crippen LogP contribution in [0.2, 0.25) is 0 Å². The van der Waals surface area contributed by atoms with E-state index in [4.69, 9.17) is 4.74 Å². The second kappa shape index (κ2) is 4.93. The van der Waals surface area contributed by atoms with Crippen LogP contribution in [0.3, 0.4) is 0 Å². The summed E-state index contributed by atoms with van der Waals surface area (Å²) in [5, 5.41) is 13.8. The molecule has 2 N–H and O–H groups in total. The molecule has 4 heteroatoms. The van der Waals surface area contributed by atoms with Crippen LogP contribution in [0.25, 0.3) is 0 Å². The zero-order valence-corrected chi connectivity index (χ0v) is 11.9. The van der Waals surface area contributed by atoms with Crippen molar-refractivity contribution in [2.75, 3.05) is 19.8 Å². The van der Waals surface area contributed by atoms with Gasteiger partial charge in [-0.1, -0.05) is 28.1 Å². The number of aliphatic hydroxyl groups is 1. The molecule has 0 radical (unpaired) electrons. The van der Waals surface area contributed by atoms with Gasteiger partial charge >= 0.3 is 0 Å². The second-order valence-corrected chi connectivity index (χ2v) is 6.16. The molecule has 1 aliphatic carbocycles. The van der Waals surface area contributed by atoms with Crippen molar-refractivity contribution in [3.05, 3.63) is 33.8 Å². The lowest BCUT2D eigenvalue weighted by atomic mass is 10.0. The molecule has 1 heterocycles. The Kier molecular flexibility index (Phi) is 3.45. The number of hydrogen-bond acceptors (Lipinski definition) is 3. The van der Waals surface area contributed by atoms with E-state index in [0.29, 0.717) is 25.8 Å². The fraction of sp³-hybridized carbons (Fsp3) is 0.571. The Hall–Kier alpha value is -0.420. The first-order chi connectivity index (χ1) is 8.68. The Morgan fingerprint density at radius 3 is 3.17 bits per heavy atom. The van der Waals surface area contributed by atoms with E-state index in [0.717, 1.165) is 19.3 Å². The van der Waals surface area contributed by atoms with Crippen molar-refractivity contribution < 1.29 is 9.84 Å². The molecule has 0 saturated carbocycles. The van der Waals surface area contributed by atoms with Crippen molar-refractivity contribution in [1.29, 1.82) is 0 Å². The predicted molar refractivity (Wildman–Crippen MR) is 73.6 cm³/mol. The Morgan fingerprint density at radius 2 is 2.39 bits per heavy atom. The summed E-state index contributed by atoms with van der Waals surface area (Å²) in [7, 11) is 0. The van der Waals surface area contributed by atoms with E-state index in [-0.39, 0.29) is 0 Å². The first-order valence-corrected chi connectivity index (χ1v) is 7.28. The van der Waals surface area contributed by atoms with Gasteiger partial charge in [0.25, 0.3) is 0 Å². The first-order valence-electron chi connectivity index (χ1n) is 6.49. The molecule has 1 aromatic rings. The molecule has 3 rings (SSSR count). The highest BCUT2D eigenvalue weighted by Crippen LogP contribution is 2.35. The van der Waals surface area contributed by atoms with Gasteiger partial charge in [0.1, 0.15) is 5.60 Å². The van der Waals surface area contributed by atoms with Gasteiger partial charge in [0.2, 0.25) is 0 Å². The monoisotopic (exact) mass is 311 g/mol. The van der Waals surface area contributed by atoms with Gasteiger partial charge in [-0.05, 0) is 30.0 Å². The SMILES string of the molecule is O[C@]1(CN[C@H]2CCc3c(Br)cccc32)CCOC1. The molecule has 0 unspecified atom stereocenters. The molecule has 1 aliphatic heterocycles. The highest BCUT2D eigenvalue weighted by Gasteiger charge is 2.33. The Balaban J connectivity index is 1.68. The molecule has 0 amide bonds. The standard InChI is InChI=1S/C14H18BrNO2/c15-12-3-1-2-11-10(12)4-5-13(11)16-8-14(17)6-7-18-9-14/h1-3,13,16-17H,4-9H2/t13-,14-/m0/s1. The van der Waals surface area contributed by atoms with E-state index in [9.17, 15) is 5.11 Å². The molecule has 3 nitrogen and oxygen atoms in total. The normalized spacial score (nSPS) is 30.7. The third kappa shape index (κ3) is 2.35. The van der Waals surface area contributed by atoms with Crippen molar-refractivity contribution in [1.82, 2.24) is 5.32 Å². The summed E-state index contributed by atoms with van der Waals surface area (Å²) in [6, 6.07) is 6.72. The minimum absolute atomic E-state index is 0.363. The van der Waals surface area contributed by atoms with Crippen molar-refractivity contribution in [3.8, 4) is 0 Å². The van der Waals surface area contributed by atoms with Gasteiger partial charge in [-0.15, -0.1) is 0 Å². The quantitative estimate of drug-likeness (QED) is 0.899. The van der Waals surface area contributed by atoms with E-state index in [1.54, 1.807) is 0 Å². The number of ether oxygens (including phenoxy) is 1. The summed E-state index contributed by atoms with van der Waals surface area (Å²) in [4.78, 5) is 0. The largest absolute Gasteiger partial charge is 0.386 e. The summed E-state index contributed by atoms with van der Waals surface area (Å²) in [5.41, 5.74) is 2.10. The maximum absolute atomic E-state index is 10.3. The van der Waals surface area contributed by atoms with Crippen molar-refractivity contribution >= 4 is 15.9 Å². The topological polar surface area (TPSA) is 41.5 Å². The molecule has 1 saturated heterocycles. The smallest absolute Gasteiger partial charge is 0.103 e. The predicted octanol–water partition coefficient (Wildman–Crippen LogP) is 2.18. The molecule has 2 aliphatic rings. The molecular weight excluding hydrogens is 294 g/mol. The second-order valence-electron chi connectivity index (χ2n) is 5.31. The van der Waals surface area contributed by atoms with Crippen LogP contribution in [0, 0.1) is 0 Å². The number of halogens is 1. The highest BCUT2D eigenvalue weighted by molar-refractivity contribution is 9.10. The van der Waals surface area contributed by atoms with Gasteiger partial charge < -0.3 is 15.2 Å². The molecule has 0 aromatic heterocycles. The lowest BCUT2D eigenvalue weighted by Gasteiger charge is -2.24. The lowest BCUT2D eigenvalue weighted by Crippen LogP contribution is -2.42. The molecule has 2 atom stereocenters. The molecule has 1 fully saturated rings. The highest BCUT2D eigenvalue weighted by atomic mass is 79.9. The van der Waals surface area contributed by atoms with Crippen LogP contribution in [-0.4, -0.2) is 30.5 Å². The molecule has 98 valence electrons. The molecule has 0 spiro atoms. The lowest BCUT2D eigenvalue weighted by molar-refractivity contribution is 0.0248. The van der Waals surface area contributed by atoms with Crippen LogP contribution in [0.4, 0.5) is 0 Å². The average Bonchev–Trinajstić information content (AvgIpc) is 2.95. The van der Waals surface area contributed by atoms with Crippen LogP contribution < -0.4 is 5.32 Å². The summed E-state index contributed by atoms with van der Waals surface area (Å²) in [6.45, 7) is 1.74. The van der Waals surface area contributed by atoms with Crippen LogP contribution >= 0.6 is 15.9 Å². The Morgan fingerprint density at radius 1 is 1.50 bits per heavy atom. The van der Waals surface area contributed by atoms with Gasteiger partial charge in [-0.2, -0.15) is 0 Å². The summed E-state index contributed by atoms with van der Waals surface area (Å²) in [6.07, 6.45) is 2.94. The minimum Gasteiger partial charge on any atom is -0.386 e. The first kappa shape index (κ1) is 12.6. The van der Waals surface area contributed by atoms with E-state index >= 15 is 0 Å². The van der Waals surface area contributed by atoms with Gasteiger partial charge in [0.05, 0.1) is 6.61 Å². The van der Waals surface area contributed by atoms with Crippen molar-refractivity contribution in [3.63, 3.8) is 0 Å². The third-order valence-electron chi connectivity index (χ3n) is 3.97. The van der Waals surface area contributed by atoms with E-state index in [1.165, 1.54) is 15.6 Å². The van der Waals surface area contributed by atoms with Gasteiger partial charge in [-0.3, -0.25) is 0 Å². The minimum atomic E-state index is -0.672. The third-order valence-corrected chi connectivity index (χ3v) is 4.72. The zero-order chi connectivity index (χ0) is 12.6. The van der Waals surface area contributed by atoms with Crippen LogP contribution in [0.15, 0.2) is 22.7 Å². The number of nitrogens with one attached hydrogen (secondary N) is 1. The van der Waals surface area contributed by atoms with Gasteiger partial charge in [0.15, 0.2) is 0 Å². The fourth-order valence-corrected chi connectivity index (χ4v) is 3.45. The van der Waals surface area contributed by atoms with Crippen LogP contribution in [0.5, 0.6) is 0 Å². The Labute approximate surface area is 116 Å². The maximum atomic E-state index is 10.3. The van der Waals surface area contributed by atoms with Gasteiger partial charge in [-0.25, -0.2) is 0 Å². The van der Waals surface area contributed by atoms with E-state index < -0.39 is 5.60 Å². The average molecular weight is 312 g/mol.